The van der Waals surface area contributed by atoms with Crippen LogP contribution in [0.5, 0.6) is 0 Å². The van der Waals surface area contributed by atoms with Crippen molar-refractivity contribution in [3.63, 3.8) is 0 Å². The molecular formula is C18H19N3O4S2. The molecule has 2 amide bonds. The average molecular weight is 406 g/mol. The van der Waals surface area contributed by atoms with Crippen LogP contribution in [0.15, 0.2) is 47.4 Å². The third kappa shape index (κ3) is 5.87. The first kappa shape index (κ1) is 20.5. The molecular weight excluding hydrogens is 386 g/mol. The number of thiocarbonyl (C=S) groups is 1. The van der Waals surface area contributed by atoms with E-state index in [4.69, 9.17) is 12.2 Å². The normalized spacial score (nSPS) is 10.8. The van der Waals surface area contributed by atoms with Crippen LogP contribution < -0.4 is 15.4 Å². The Kier molecular flexibility index (Phi) is 6.29. The second-order valence-electron chi connectivity index (χ2n) is 5.97. The van der Waals surface area contributed by atoms with Crippen molar-refractivity contribution in [2.75, 3.05) is 5.32 Å². The van der Waals surface area contributed by atoms with Gasteiger partial charge in [-0.2, -0.15) is 0 Å². The minimum atomic E-state index is -3.90. The highest BCUT2D eigenvalue weighted by Gasteiger charge is 2.15. The molecule has 0 spiro atoms. The number of nitrogens with one attached hydrogen (secondary N) is 3. The molecule has 0 saturated carbocycles. The number of hydrogen-bond acceptors (Lipinski definition) is 5. The Balaban J connectivity index is 2.03. The Hall–Kier alpha value is -2.78. The van der Waals surface area contributed by atoms with E-state index in [1.807, 2.05) is 24.6 Å². The van der Waals surface area contributed by atoms with Crippen LogP contribution in [0.4, 0.5) is 5.69 Å². The topological polar surface area (TPSA) is 104 Å². The molecule has 0 heterocycles. The van der Waals surface area contributed by atoms with Crippen LogP contribution in [0.1, 0.15) is 28.4 Å². The molecule has 0 bridgehead atoms. The molecule has 0 radical (unpaired) electrons. The van der Waals surface area contributed by atoms with Crippen LogP contribution in [-0.2, 0) is 14.8 Å². The van der Waals surface area contributed by atoms with Crippen molar-refractivity contribution in [3.05, 3.63) is 59.2 Å². The van der Waals surface area contributed by atoms with Crippen molar-refractivity contribution in [2.45, 2.75) is 25.7 Å². The van der Waals surface area contributed by atoms with Crippen molar-refractivity contribution in [3.8, 4) is 0 Å². The van der Waals surface area contributed by atoms with Gasteiger partial charge in [-0.1, -0.05) is 17.2 Å². The van der Waals surface area contributed by atoms with Gasteiger partial charge in [-0.3, -0.25) is 14.9 Å². The molecule has 0 fully saturated rings. The van der Waals surface area contributed by atoms with Gasteiger partial charge in [0, 0.05) is 18.2 Å². The highest BCUT2D eigenvalue weighted by molar-refractivity contribution is 7.90. The summed E-state index contributed by atoms with van der Waals surface area (Å²) in [4.78, 5) is 23.2. The SMILES string of the molecule is CC(=O)NS(=O)(=O)c1ccc(NC(=S)NC(=O)c2cc(C)cc(C)c2)cc1. The summed E-state index contributed by atoms with van der Waals surface area (Å²) in [6.07, 6.45) is 0. The van der Waals surface area contributed by atoms with Crippen molar-refractivity contribution < 1.29 is 18.0 Å². The minimum absolute atomic E-state index is 0.0616. The zero-order valence-electron chi connectivity index (χ0n) is 15.0. The number of hydrogen-bond donors (Lipinski definition) is 3. The Morgan fingerprint density at radius 2 is 1.52 bits per heavy atom. The van der Waals surface area contributed by atoms with Crippen molar-refractivity contribution in [2.24, 2.45) is 0 Å². The quantitative estimate of drug-likeness (QED) is 0.674. The molecule has 0 aliphatic heterocycles. The van der Waals surface area contributed by atoms with Crippen LogP contribution in [0.2, 0.25) is 0 Å². The summed E-state index contributed by atoms with van der Waals surface area (Å²) >= 11 is 5.12. The lowest BCUT2D eigenvalue weighted by molar-refractivity contribution is -0.117. The van der Waals surface area contributed by atoms with Gasteiger partial charge < -0.3 is 5.32 Å². The van der Waals surface area contributed by atoms with Gasteiger partial charge in [0.25, 0.3) is 15.9 Å². The van der Waals surface area contributed by atoms with Gasteiger partial charge in [-0.15, -0.1) is 0 Å². The summed E-state index contributed by atoms with van der Waals surface area (Å²) in [6, 6.07) is 11.1. The van der Waals surface area contributed by atoms with Gasteiger partial charge in [0.1, 0.15) is 0 Å². The number of benzene rings is 2. The van der Waals surface area contributed by atoms with E-state index in [0.717, 1.165) is 18.1 Å². The van der Waals surface area contributed by atoms with Crippen molar-refractivity contribution in [1.82, 2.24) is 10.0 Å². The average Bonchev–Trinajstić information content (AvgIpc) is 2.53. The molecule has 3 N–H and O–H groups in total. The largest absolute Gasteiger partial charge is 0.332 e. The molecule has 0 aliphatic rings. The lowest BCUT2D eigenvalue weighted by Crippen LogP contribution is -2.34. The van der Waals surface area contributed by atoms with Gasteiger partial charge in [-0.05, 0) is 62.5 Å². The fourth-order valence-corrected chi connectivity index (χ4v) is 3.61. The molecule has 7 nitrogen and oxygen atoms in total. The predicted molar refractivity (Wildman–Crippen MR) is 107 cm³/mol. The van der Waals surface area contributed by atoms with E-state index in [9.17, 15) is 18.0 Å². The highest BCUT2D eigenvalue weighted by atomic mass is 32.2. The zero-order valence-corrected chi connectivity index (χ0v) is 16.6. The fourth-order valence-electron chi connectivity index (χ4n) is 2.41. The lowest BCUT2D eigenvalue weighted by atomic mass is 10.1. The van der Waals surface area contributed by atoms with E-state index < -0.39 is 15.9 Å². The summed E-state index contributed by atoms with van der Waals surface area (Å²) in [6.45, 7) is 4.91. The van der Waals surface area contributed by atoms with E-state index in [-0.39, 0.29) is 15.9 Å². The lowest BCUT2D eigenvalue weighted by Gasteiger charge is -2.11. The summed E-state index contributed by atoms with van der Waals surface area (Å²) < 4.78 is 25.7. The molecule has 0 aromatic heterocycles. The maximum Gasteiger partial charge on any atom is 0.264 e. The first-order valence-corrected chi connectivity index (χ1v) is 9.80. The van der Waals surface area contributed by atoms with Crippen LogP contribution in [-0.4, -0.2) is 25.3 Å². The molecule has 27 heavy (non-hydrogen) atoms. The van der Waals surface area contributed by atoms with E-state index in [1.165, 1.54) is 24.3 Å². The monoisotopic (exact) mass is 405 g/mol. The summed E-state index contributed by atoms with van der Waals surface area (Å²) in [7, 11) is -3.90. The van der Waals surface area contributed by atoms with E-state index >= 15 is 0 Å². The van der Waals surface area contributed by atoms with Gasteiger partial charge in [0.2, 0.25) is 5.91 Å². The van der Waals surface area contributed by atoms with Crippen LogP contribution in [0.25, 0.3) is 0 Å². The van der Waals surface area contributed by atoms with E-state index in [1.54, 1.807) is 12.1 Å². The smallest absolute Gasteiger partial charge is 0.264 e. The van der Waals surface area contributed by atoms with Gasteiger partial charge >= 0.3 is 0 Å². The molecule has 9 heteroatoms. The standard InChI is InChI=1S/C18H19N3O4S2/c1-11-8-12(2)10-14(9-11)17(23)20-18(26)19-15-4-6-16(7-5-15)27(24,25)21-13(3)22/h4-10H,1-3H3,(H,21,22)(H2,19,20,23,26). The van der Waals surface area contributed by atoms with Gasteiger partial charge in [0.05, 0.1) is 4.90 Å². The first-order chi connectivity index (χ1) is 12.6. The predicted octanol–water partition coefficient (Wildman–Crippen LogP) is 2.26. The molecule has 0 saturated heterocycles. The number of sulfonamides is 1. The maximum absolute atomic E-state index is 12.3. The van der Waals surface area contributed by atoms with Crippen LogP contribution >= 0.6 is 12.2 Å². The molecule has 0 atom stereocenters. The molecule has 2 aromatic carbocycles. The van der Waals surface area contributed by atoms with E-state index in [0.29, 0.717) is 11.3 Å². The van der Waals surface area contributed by atoms with Gasteiger partial charge in [0.15, 0.2) is 5.11 Å². The molecule has 0 aliphatic carbocycles. The Bertz CT molecular complexity index is 980. The summed E-state index contributed by atoms with van der Waals surface area (Å²) in [5.41, 5.74) is 2.92. The Morgan fingerprint density at radius 3 is 2.04 bits per heavy atom. The zero-order chi connectivity index (χ0) is 20.2. The molecule has 2 aromatic rings. The first-order valence-electron chi connectivity index (χ1n) is 7.91. The number of rotatable bonds is 4. The third-order valence-electron chi connectivity index (χ3n) is 3.41. The summed E-state index contributed by atoms with van der Waals surface area (Å²) in [5.74, 6) is -1.02. The molecule has 0 unspecified atom stereocenters. The van der Waals surface area contributed by atoms with Crippen molar-refractivity contribution >= 4 is 44.9 Å². The second-order valence-corrected chi connectivity index (χ2v) is 8.06. The molecule has 142 valence electrons. The third-order valence-corrected chi connectivity index (χ3v) is 5.06. The van der Waals surface area contributed by atoms with Crippen molar-refractivity contribution in [1.29, 1.82) is 0 Å². The number of anilines is 1. The number of carbonyl (C=O) groups is 2. The van der Waals surface area contributed by atoms with Crippen LogP contribution in [0.3, 0.4) is 0 Å². The Morgan fingerprint density at radius 1 is 0.963 bits per heavy atom. The maximum atomic E-state index is 12.3. The Labute approximate surface area is 163 Å². The minimum Gasteiger partial charge on any atom is -0.332 e. The van der Waals surface area contributed by atoms with Gasteiger partial charge in [-0.25, -0.2) is 13.1 Å². The van der Waals surface area contributed by atoms with E-state index in [2.05, 4.69) is 10.6 Å². The summed E-state index contributed by atoms with van der Waals surface area (Å²) in [5, 5.41) is 5.47. The van der Waals surface area contributed by atoms with Crippen LogP contribution in [0, 0.1) is 13.8 Å². The number of aryl methyl sites for hydroxylation is 2. The second kappa shape index (κ2) is 8.28. The number of amides is 2. The molecule has 2 rings (SSSR count). The number of carbonyl (C=O) groups excluding carboxylic acids is 2. The highest BCUT2D eigenvalue weighted by Crippen LogP contribution is 2.14. The fraction of sp³-hybridized carbons (Fsp3) is 0.167.